The molecule has 2 aromatic rings. The third kappa shape index (κ3) is 4.93. The van der Waals surface area contributed by atoms with Crippen LogP contribution >= 0.6 is 0 Å². The van der Waals surface area contributed by atoms with Crippen LogP contribution in [0.15, 0.2) is 41.3 Å². The average molecular weight is 407 g/mol. The largest absolute Gasteiger partial charge is 0.495 e. The number of hydrogen-bond acceptors (Lipinski definition) is 6. The number of hydrogen-bond donors (Lipinski definition) is 2. The van der Waals surface area contributed by atoms with E-state index in [-0.39, 0.29) is 23.1 Å². The Hall–Kier alpha value is -2.78. The van der Waals surface area contributed by atoms with Gasteiger partial charge in [-0.25, -0.2) is 12.7 Å². The van der Waals surface area contributed by atoms with Crippen LogP contribution in [0.1, 0.15) is 5.56 Å². The molecule has 0 unspecified atom stereocenters. The zero-order valence-electron chi connectivity index (χ0n) is 16.6. The molecule has 0 saturated carbocycles. The van der Waals surface area contributed by atoms with Gasteiger partial charge in [0.2, 0.25) is 15.9 Å². The van der Waals surface area contributed by atoms with Crippen LogP contribution in [0.2, 0.25) is 0 Å². The molecule has 0 aliphatic carbocycles. The third-order valence-corrected chi connectivity index (χ3v) is 5.84. The summed E-state index contributed by atoms with van der Waals surface area (Å²) >= 11 is 0. The van der Waals surface area contributed by atoms with E-state index in [1.54, 1.807) is 13.2 Å². The van der Waals surface area contributed by atoms with Crippen molar-refractivity contribution in [1.82, 2.24) is 4.31 Å². The molecule has 9 heteroatoms. The van der Waals surface area contributed by atoms with Gasteiger partial charge in [0.25, 0.3) is 0 Å². The first kappa shape index (κ1) is 21.5. The van der Waals surface area contributed by atoms with E-state index in [9.17, 15) is 13.2 Å². The van der Waals surface area contributed by atoms with Crippen molar-refractivity contribution in [3.8, 4) is 11.5 Å². The lowest BCUT2D eigenvalue weighted by molar-refractivity contribution is -0.114. The highest BCUT2D eigenvalue weighted by Gasteiger charge is 2.23. The van der Waals surface area contributed by atoms with Gasteiger partial charge in [-0.1, -0.05) is 6.07 Å². The van der Waals surface area contributed by atoms with Crippen LogP contribution in [0.5, 0.6) is 11.5 Å². The quantitative estimate of drug-likeness (QED) is 0.697. The number of methoxy groups -OCH3 is 2. The maximum atomic E-state index is 12.5. The minimum atomic E-state index is -3.72. The standard InChI is InChI=1S/C19H25N3O5S/c1-13-6-8-16(26-4)15(10-13)20-12-19(23)21-14-7-9-17(27-5)18(11-14)28(24,25)22(2)3/h6-11,20H,12H2,1-5H3,(H,21,23). The van der Waals surface area contributed by atoms with Crippen molar-refractivity contribution in [1.29, 1.82) is 0 Å². The fourth-order valence-corrected chi connectivity index (χ4v) is 3.57. The summed E-state index contributed by atoms with van der Waals surface area (Å²) in [6.45, 7) is 1.93. The highest BCUT2D eigenvalue weighted by Crippen LogP contribution is 2.29. The van der Waals surface area contributed by atoms with Gasteiger partial charge in [-0.3, -0.25) is 4.79 Å². The lowest BCUT2D eigenvalue weighted by atomic mass is 10.2. The molecule has 2 aromatic carbocycles. The van der Waals surface area contributed by atoms with E-state index in [1.807, 2.05) is 25.1 Å². The Kier molecular flexibility index (Phi) is 6.87. The number of rotatable bonds is 8. The summed E-state index contributed by atoms with van der Waals surface area (Å²) in [6.07, 6.45) is 0. The molecule has 0 fully saturated rings. The van der Waals surface area contributed by atoms with E-state index in [2.05, 4.69) is 10.6 Å². The molecule has 0 aliphatic heterocycles. The molecule has 0 aliphatic rings. The zero-order chi connectivity index (χ0) is 20.9. The summed E-state index contributed by atoms with van der Waals surface area (Å²) in [4.78, 5) is 12.3. The number of aryl methyl sites for hydroxylation is 1. The zero-order valence-corrected chi connectivity index (χ0v) is 17.4. The van der Waals surface area contributed by atoms with Crippen LogP contribution < -0.4 is 20.1 Å². The molecule has 0 radical (unpaired) electrons. The average Bonchev–Trinajstić information content (AvgIpc) is 2.66. The number of sulfonamides is 1. The van der Waals surface area contributed by atoms with Crippen molar-refractivity contribution in [3.63, 3.8) is 0 Å². The van der Waals surface area contributed by atoms with Crippen LogP contribution in [0, 0.1) is 6.92 Å². The Morgan fingerprint density at radius 3 is 2.29 bits per heavy atom. The smallest absolute Gasteiger partial charge is 0.246 e. The Morgan fingerprint density at radius 1 is 1.04 bits per heavy atom. The molecule has 1 amide bonds. The SMILES string of the molecule is COc1ccc(C)cc1NCC(=O)Nc1ccc(OC)c(S(=O)(=O)N(C)C)c1. The number of anilines is 2. The normalized spacial score (nSPS) is 11.2. The van der Waals surface area contributed by atoms with Crippen molar-refractivity contribution in [3.05, 3.63) is 42.0 Å². The lowest BCUT2D eigenvalue weighted by Crippen LogP contribution is -2.24. The Morgan fingerprint density at radius 2 is 1.68 bits per heavy atom. The van der Waals surface area contributed by atoms with Gasteiger partial charge in [0, 0.05) is 19.8 Å². The second-order valence-corrected chi connectivity index (χ2v) is 8.38. The van der Waals surface area contributed by atoms with E-state index < -0.39 is 10.0 Å². The summed E-state index contributed by atoms with van der Waals surface area (Å²) in [6, 6.07) is 10.1. The van der Waals surface area contributed by atoms with E-state index in [4.69, 9.17) is 9.47 Å². The third-order valence-electron chi connectivity index (χ3n) is 4.00. The molecular weight excluding hydrogens is 382 g/mol. The van der Waals surface area contributed by atoms with Crippen LogP contribution in [0.3, 0.4) is 0 Å². The van der Waals surface area contributed by atoms with Crippen molar-refractivity contribution >= 4 is 27.3 Å². The maximum absolute atomic E-state index is 12.5. The Balaban J connectivity index is 2.15. The van der Waals surface area contributed by atoms with Gasteiger partial charge < -0.3 is 20.1 Å². The second-order valence-electron chi connectivity index (χ2n) is 6.26. The van der Waals surface area contributed by atoms with Gasteiger partial charge in [-0.15, -0.1) is 0 Å². The van der Waals surface area contributed by atoms with Gasteiger partial charge >= 0.3 is 0 Å². The summed E-state index contributed by atoms with van der Waals surface area (Å²) in [7, 11) is 2.08. The number of amides is 1. The molecular formula is C19H25N3O5S. The molecule has 2 N–H and O–H groups in total. The summed E-state index contributed by atoms with van der Waals surface area (Å²) < 4.78 is 36.4. The lowest BCUT2D eigenvalue weighted by Gasteiger charge is -2.16. The van der Waals surface area contributed by atoms with Gasteiger partial charge in [0.05, 0.1) is 26.5 Å². The number of carbonyl (C=O) groups is 1. The van der Waals surface area contributed by atoms with E-state index in [0.29, 0.717) is 17.1 Å². The Bertz CT molecular complexity index is 958. The molecule has 0 spiro atoms. The van der Waals surface area contributed by atoms with Gasteiger partial charge in [-0.05, 0) is 42.8 Å². The Labute approximate surface area is 165 Å². The van der Waals surface area contributed by atoms with Crippen LogP contribution in [0.4, 0.5) is 11.4 Å². The molecule has 152 valence electrons. The van der Waals surface area contributed by atoms with Crippen LogP contribution in [-0.2, 0) is 14.8 Å². The fourth-order valence-electron chi connectivity index (χ4n) is 2.49. The summed E-state index contributed by atoms with van der Waals surface area (Å²) in [5, 5.41) is 5.71. The number of benzene rings is 2. The highest BCUT2D eigenvalue weighted by molar-refractivity contribution is 7.89. The van der Waals surface area contributed by atoms with Crippen LogP contribution in [0.25, 0.3) is 0 Å². The van der Waals surface area contributed by atoms with Crippen molar-refractivity contribution in [2.24, 2.45) is 0 Å². The molecule has 2 rings (SSSR count). The molecule has 0 heterocycles. The first-order chi connectivity index (χ1) is 13.2. The first-order valence-electron chi connectivity index (χ1n) is 8.48. The number of ether oxygens (including phenoxy) is 2. The second kappa shape index (κ2) is 8.94. The van der Waals surface area contributed by atoms with Gasteiger partial charge in [0.15, 0.2) is 0 Å². The summed E-state index contributed by atoms with van der Waals surface area (Å²) in [5.74, 6) is 0.499. The topological polar surface area (TPSA) is 97.0 Å². The molecule has 0 aromatic heterocycles. The minimum absolute atomic E-state index is 0.0123. The highest BCUT2D eigenvalue weighted by atomic mass is 32.2. The van der Waals surface area contributed by atoms with E-state index >= 15 is 0 Å². The van der Waals surface area contributed by atoms with E-state index in [0.717, 1.165) is 9.87 Å². The summed E-state index contributed by atoms with van der Waals surface area (Å²) in [5.41, 5.74) is 2.07. The minimum Gasteiger partial charge on any atom is -0.495 e. The monoisotopic (exact) mass is 407 g/mol. The van der Waals surface area contributed by atoms with Gasteiger partial charge in [-0.2, -0.15) is 0 Å². The molecule has 8 nitrogen and oxygen atoms in total. The fraction of sp³-hybridized carbons (Fsp3) is 0.316. The maximum Gasteiger partial charge on any atom is 0.246 e. The van der Waals surface area contributed by atoms with Crippen molar-refractivity contribution < 1.29 is 22.7 Å². The molecule has 0 saturated heterocycles. The van der Waals surface area contributed by atoms with Crippen molar-refractivity contribution in [2.45, 2.75) is 11.8 Å². The predicted molar refractivity (Wildman–Crippen MR) is 109 cm³/mol. The predicted octanol–water partition coefficient (Wildman–Crippen LogP) is 2.31. The number of nitrogens with zero attached hydrogens (tertiary/aromatic N) is 1. The molecule has 0 bridgehead atoms. The molecule has 28 heavy (non-hydrogen) atoms. The van der Waals surface area contributed by atoms with Crippen molar-refractivity contribution in [2.75, 3.05) is 45.5 Å². The number of carbonyl (C=O) groups excluding carboxylic acids is 1. The van der Waals surface area contributed by atoms with Crippen LogP contribution in [-0.4, -0.2) is 53.5 Å². The first-order valence-corrected chi connectivity index (χ1v) is 9.92. The van der Waals surface area contributed by atoms with E-state index in [1.165, 1.54) is 33.3 Å². The number of nitrogens with one attached hydrogen (secondary N) is 2. The molecule has 0 atom stereocenters. The van der Waals surface area contributed by atoms with Gasteiger partial charge in [0.1, 0.15) is 16.4 Å².